The van der Waals surface area contributed by atoms with E-state index in [1.54, 1.807) is 0 Å². The van der Waals surface area contributed by atoms with Gasteiger partial charge in [0.2, 0.25) is 0 Å². The summed E-state index contributed by atoms with van der Waals surface area (Å²) in [5.74, 6) is 2.11. The maximum Gasteiger partial charge on any atom is 0.112 e. The molecule has 4 heteroatoms. The van der Waals surface area contributed by atoms with Gasteiger partial charge in [-0.25, -0.2) is 4.98 Å². The topological polar surface area (TPSA) is 39.1 Å². The lowest BCUT2D eigenvalue weighted by molar-refractivity contribution is 0.0754. The van der Waals surface area contributed by atoms with Crippen LogP contribution in [-0.2, 0) is 24.2 Å². The van der Waals surface area contributed by atoms with Crippen LogP contribution in [0.15, 0.2) is 0 Å². The smallest absolute Gasteiger partial charge is 0.112 e. The predicted octanol–water partition coefficient (Wildman–Crippen LogP) is 2.61. The second kappa shape index (κ2) is 6.27. The zero-order valence-electron chi connectivity index (χ0n) is 12.8. The van der Waals surface area contributed by atoms with Gasteiger partial charge in [-0.1, -0.05) is 0 Å². The first kappa shape index (κ1) is 14.1. The fraction of sp³-hybridized carbons (Fsp3) is 0.812. The van der Waals surface area contributed by atoms with E-state index in [1.165, 1.54) is 36.5 Å². The molecular formula is C16H27N3O. The maximum atomic E-state index is 5.63. The van der Waals surface area contributed by atoms with Crippen LogP contribution in [0.4, 0.5) is 0 Å². The summed E-state index contributed by atoms with van der Waals surface area (Å²) in [6, 6.07) is 0. The number of fused-ring (bicyclic) bond motifs is 1. The van der Waals surface area contributed by atoms with E-state index in [0.717, 1.165) is 45.0 Å². The van der Waals surface area contributed by atoms with E-state index in [1.807, 2.05) is 0 Å². The number of ether oxygens (including phenoxy) is 1. The van der Waals surface area contributed by atoms with Gasteiger partial charge in [-0.15, -0.1) is 0 Å². The molecule has 0 bridgehead atoms. The Balaban J connectivity index is 1.61. The molecule has 1 aromatic rings. The summed E-state index contributed by atoms with van der Waals surface area (Å²) in [4.78, 5) is 4.91. The van der Waals surface area contributed by atoms with Crippen molar-refractivity contribution in [1.29, 1.82) is 0 Å². The van der Waals surface area contributed by atoms with Crippen LogP contribution in [0.25, 0.3) is 0 Å². The summed E-state index contributed by atoms with van der Waals surface area (Å²) >= 11 is 0. The Morgan fingerprint density at radius 1 is 1.35 bits per heavy atom. The predicted molar refractivity (Wildman–Crippen MR) is 79.9 cm³/mol. The van der Waals surface area contributed by atoms with E-state index in [4.69, 9.17) is 9.72 Å². The van der Waals surface area contributed by atoms with Gasteiger partial charge in [0.25, 0.3) is 0 Å². The van der Waals surface area contributed by atoms with E-state index in [9.17, 15) is 0 Å². The van der Waals surface area contributed by atoms with Crippen LogP contribution in [0, 0.1) is 0 Å². The minimum absolute atomic E-state index is 0.351. The molecule has 2 aliphatic rings. The SMILES string of the molecule is CC(C)OCCCCn1c(C2CC2)nc2c1CCNC2. The van der Waals surface area contributed by atoms with Crippen LogP contribution < -0.4 is 5.32 Å². The molecule has 4 nitrogen and oxygen atoms in total. The van der Waals surface area contributed by atoms with Crippen LogP contribution in [0.2, 0.25) is 0 Å². The van der Waals surface area contributed by atoms with E-state index in [-0.39, 0.29) is 0 Å². The molecule has 1 aliphatic heterocycles. The Morgan fingerprint density at radius 3 is 2.95 bits per heavy atom. The van der Waals surface area contributed by atoms with Gasteiger partial charge in [-0.2, -0.15) is 0 Å². The van der Waals surface area contributed by atoms with Crippen LogP contribution in [0.1, 0.15) is 62.7 Å². The normalized spacial score (nSPS) is 18.6. The van der Waals surface area contributed by atoms with E-state index < -0.39 is 0 Å². The van der Waals surface area contributed by atoms with Crippen LogP contribution >= 0.6 is 0 Å². The third kappa shape index (κ3) is 3.23. The number of hydrogen-bond donors (Lipinski definition) is 1. The lowest BCUT2D eigenvalue weighted by Gasteiger charge is -2.16. The third-order valence-electron chi connectivity index (χ3n) is 4.19. The fourth-order valence-corrected chi connectivity index (χ4v) is 2.99. The van der Waals surface area contributed by atoms with Crippen LogP contribution in [0.5, 0.6) is 0 Å². The second-order valence-electron chi connectivity index (χ2n) is 6.34. The Labute approximate surface area is 121 Å². The van der Waals surface area contributed by atoms with Gasteiger partial charge < -0.3 is 14.6 Å². The van der Waals surface area contributed by atoms with E-state index in [2.05, 4.69) is 23.7 Å². The lowest BCUT2D eigenvalue weighted by Crippen LogP contribution is -2.25. The molecule has 0 saturated heterocycles. The van der Waals surface area contributed by atoms with Crippen molar-refractivity contribution < 1.29 is 4.74 Å². The number of rotatable bonds is 7. The van der Waals surface area contributed by atoms with Gasteiger partial charge in [0, 0.05) is 44.3 Å². The highest BCUT2D eigenvalue weighted by Crippen LogP contribution is 2.40. The molecule has 1 aliphatic carbocycles. The van der Waals surface area contributed by atoms with Crippen molar-refractivity contribution in [3.8, 4) is 0 Å². The van der Waals surface area contributed by atoms with Gasteiger partial charge >= 0.3 is 0 Å². The summed E-state index contributed by atoms with van der Waals surface area (Å²) < 4.78 is 8.16. The molecular weight excluding hydrogens is 250 g/mol. The number of hydrogen-bond acceptors (Lipinski definition) is 3. The zero-order valence-corrected chi connectivity index (χ0v) is 12.8. The van der Waals surface area contributed by atoms with Gasteiger partial charge in [-0.3, -0.25) is 0 Å². The van der Waals surface area contributed by atoms with Crippen molar-refractivity contribution in [2.24, 2.45) is 0 Å². The van der Waals surface area contributed by atoms with Crippen LogP contribution in [-0.4, -0.2) is 28.8 Å². The number of nitrogens with one attached hydrogen (secondary N) is 1. The average Bonchev–Trinajstić information content (AvgIpc) is 3.21. The number of imidazole rings is 1. The van der Waals surface area contributed by atoms with Crippen molar-refractivity contribution in [2.45, 2.75) is 71.1 Å². The van der Waals surface area contributed by atoms with Gasteiger partial charge in [-0.05, 0) is 39.5 Å². The quantitative estimate of drug-likeness (QED) is 0.779. The largest absolute Gasteiger partial charge is 0.379 e. The number of aromatic nitrogens is 2. The van der Waals surface area contributed by atoms with Crippen molar-refractivity contribution in [2.75, 3.05) is 13.2 Å². The number of nitrogens with zero attached hydrogens (tertiary/aromatic N) is 2. The van der Waals surface area contributed by atoms with Gasteiger partial charge in [0.15, 0.2) is 0 Å². The van der Waals surface area contributed by atoms with Crippen LogP contribution in [0.3, 0.4) is 0 Å². The van der Waals surface area contributed by atoms with E-state index >= 15 is 0 Å². The Morgan fingerprint density at radius 2 is 2.20 bits per heavy atom. The maximum absolute atomic E-state index is 5.63. The highest BCUT2D eigenvalue weighted by Gasteiger charge is 2.31. The summed E-state index contributed by atoms with van der Waals surface area (Å²) in [6.07, 6.45) is 6.50. The van der Waals surface area contributed by atoms with Gasteiger partial charge in [0.05, 0.1) is 11.8 Å². The molecule has 1 N–H and O–H groups in total. The lowest BCUT2D eigenvalue weighted by atomic mass is 10.2. The fourth-order valence-electron chi connectivity index (χ4n) is 2.99. The minimum atomic E-state index is 0.351. The summed E-state index contributed by atoms with van der Waals surface area (Å²) in [5.41, 5.74) is 2.80. The van der Waals surface area contributed by atoms with Crippen molar-refractivity contribution >= 4 is 0 Å². The first-order chi connectivity index (χ1) is 9.75. The molecule has 112 valence electrons. The molecule has 1 aromatic heterocycles. The van der Waals surface area contributed by atoms with Crippen molar-refractivity contribution in [3.63, 3.8) is 0 Å². The van der Waals surface area contributed by atoms with Crippen molar-refractivity contribution in [1.82, 2.24) is 14.9 Å². The second-order valence-corrected chi connectivity index (χ2v) is 6.34. The first-order valence-corrected chi connectivity index (χ1v) is 8.16. The highest BCUT2D eigenvalue weighted by atomic mass is 16.5. The molecule has 1 fully saturated rings. The Kier molecular flexibility index (Phi) is 4.41. The summed E-state index contributed by atoms with van der Waals surface area (Å²) in [7, 11) is 0. The highest BCUT2D eigenvalue weighted by molar-refractivity contribution is 5.24. The molecule has 0 radical (unpaired) electrons. The molecule has 0 unspecified atom stereocenters. The molecule has 20 heavy (non-hydrogen) atoms. The molecule has 3 rings (SSSR count). The summed E-state index contributed by atoms with van der Waals surface area (Å²) in [5, 5.41) is 3.43. The molecule has 0 atom stereocenters. The zero-order chi connectivity index (χ0) is 13.9. The molecule has 2 heterocycles. The Hall–Kier alpha value is -0.870. The summed E-state index contributed by atoms with van der Waals surface area (Å²) in [6.45, 7) is 8.26. The monoisotopic (exact) mass is 277 g/mol. The molecule has 0 spiro atoms. The van der Waals surface area contributed by atoms with Gasteiger partial charge in [0.1, 0.15) is 5.82 Å². The Bertz CT molecular complexity index is 449. The molecule has 0 aromatic carbocycles. The third-order valence-corrected chi connectivity index (χ3v) is 4.19. The average molecular weight is 277 g/mol. The molecule has 0 amide bonds. The minimum Gasteiger partial charge on any atom is -0.379 e. The standard InChI is InChI=1S/C16H27N3O/c1-12(2)20-10-4-3-9-19-15-7-8-17-11-14(15)18-16(19)13-5-6-13/h12-13,17H,3-11H2,1-2H3. The number of unbranched alkanes of at least 4 members (excludes halogenated alkanes) is 1. The van der Waals surface area contributed by atoms with E-state index in [0.29, 0.717) is 6.10 Å². The van der Waals surface area contributed by atoms with Crippen molar-refractivity contribution in [3.05, 3.63) is 17.2 Å². The molecule has 1 saturated carbocycles. The first-order valence-electron chi connectivity index (χ1n) is 8.16.